The standard InChI is InChI=1S/C22H28N4O3.ClH/c1-16(26-14-18(19(23)15-26)17-6-3-2-4-7-17)21(27)24-9-11-25(12-10-24)22(28)20-8-5-13-29-20;/h2-8,13,16,18-19H,9-12,14-15,23H2,1H3;1H/t16?,18-,19+;/m0./s1. The third-order valence-electron chi connectivity index (χ3n) is 6.14. The number of likely N-dealkylation sites (tertiary alicyclic amines) is 1. The van der Waals surface area contributed by atoms with Crippen molar-refractivity contribution in [3.8, 4) is 0 Å². The minimum Gasteiger partial charge on any atom is -0.459 e. The number of nitrogens with zero attached hydrogens (tertiary/aromatic N) is 3. The van der Waals surface area contributed by atoms with E-state index in [0.717, 1.165) is 6.54 Å². The Morgan fingerprint density at radius 2 is 1.67 bits per heavy atom. The van der Waals surface area contributed by atoms with E-state index >= 15 is 0 Å². The summed E-state index contributed by atoms with van der Waals surface area (Å²) in [6.45, 7) is 5.57. The second-order valence-electron chi connectivity index (χ2n) is 7.91. The van der Waals surface area contributed by atoms with E-state index in [9.17, 15) is 9.59 Å². The summed E-state index contributed by atoms with van der Waals surface area (Å²) in [4.78, 5) is 31.2. The lowest BCUT2D eigenvalue weighted by Crippen LogP contribution is -2.55. The van der Waals surface area contributed by atoms with Crippen LogP contribution in [0.2, 0.25) is 0 Å². The first kappa shape index (κ1) is 22.3. The summed E-state index contributed by atoms with van der Waals surface area (Å²) in [6, 6.07) is 13.5. The summed E-state index contributed by atoms with van der Waals surface area (Å²) < 4.78 is 5.19. The van der Waals surface area contributed by atoms with Crippen LogP contribution >= 0.6 is 12.4 Å². The molecule has 3 heterocycles. The Hall–Kier alpha value is -2.35. The number of amides is 2. The molecule has 0 radical (unpaired) electrons. The maximum absolute atomic E-state index is 13.1. The topological polar surface area (TPSA) is 83.0 Å². The molecule has 2 aromatic rings. The predicted octanol–water partition coefficient (Wildman–Crippen LogP) is 1.80. The van der Waals surface area contributed by atoms with Crippen molar-refractivity contribution >= 4 is 24.2 Å². The van der Waals surface area contributed by atoms with Crippen molar-refractivity contribution in [2.75, 3.05) is 39.3 Å². The Kier molecular flexibility index (Phi) is 7.18. The van der Waals surface area contributed by atoms with E-state index in [2.05, 4.69) is 17.0 Å². The molecule has 2 saturated heterocycles. The molecule has 0 bridgehead atoms. The van der Waals surface area contributed by atoms with Gasteiger partial charge in [-0.15, -0.1) is 12.4 Å². The van der Waals surface area contributed by atoms with E-state index in [0.29, 0.717) is 38.5 Å². The Morgan fingerprint density at radius 1 is 1.00 bits per heavy atom. The van der Waals surface area contributed by atoms with E-state index in [4.69, 9.17) is 10.2 Å². The molecule has 1 aromatic carbocycles. The lowest BCUT2D eigenvalue weighted by atomic mass is 9.95. The maximum atomic E-state index is 13.1. The van der Waals surface area contributed by atoms with Gasteiger partial charge in [-0.1, -0.05) is 30.3 Å². The molecule has 1 aromatic heterocycles. The average Bonchev–Trinajstić information content (AvgIpc) is 3.43. The highest BCUT2D eigenvalue weighted by Gasteiger charge is 2.37. The van der Waals surface area contributed by atoms with Gasteiger partial charge >= 0.3 is 0 Å². The predicted molar refractivity (Wildman–Crippen MR) is 117 cm³/mol. The van der Waals surface area contributed by atoms with Gasteiger partial charge in [-0.2, -0.15) is 0 Å². The van der Waals surface area contributed by atoms with Gasteiger partial charge in [0, 0.05) is 51.2 Å². The van der Waals surface area contributed by atoms with E-state index in [-0.39, 0.29) is 42.2 Å². The SMILES string of the molecule is CC(C(=O)N1CCN(C(=O)c2ccco2)CC1)N1C[C@@H](N)[C@H](c2ccccc2)C1.Cl. The number of benzene rings is 1. The summed E-state index contributed by atoms with van der Waals surface area (Å²) in [5.41, 5.74) is 7.62. The van der Waals surface area contributed by atoms with Crippen LogP contribution in [0, 0.1) is 0 Å². The third kappa shape index (κ3) is 4.53. The molecule has 2 aliphatic heterocycles. The van der Waals surface area contributed by atoms with Gasteiger partial charge in [-0.3, -0.25) is 14.5 Å². The third-order valence-corrected chi connectivity index (χ3v) is 6.14. The van der Waals surface area contributed by atoms with Gasteiger partial charge in [-0.25, -0.2) is 0 Å². The molecule has 2 amide bonds. The lowest BCUT2D eigenvalue weighted by Gasteiger charge is -2.37. The van der Waals surface area contributed by atoms with Crippen molar-refractivity contribution in [1.82, 2.24) is 14.7 Å². The van der Waals surface area contributed by atoms with Gasteiger partial charge in [0.15, 0.2) is 5.76 Å². The van der Waals surface area contributed by atoms with Crippen LogP contribution in [0.1, 0.15) is 29.0 Å². The zero-order chi connectivity index (χ0) is 20.4. The van der Waals surface area contributed by atoms with E-state index in [1.165, 1.54) is 11.8 Å². The molecule has 0 spiro atoms. The van der Waals surface area contributed by atoms with Crippen molar-refractivity contribution < 1.29 is 14.0 Å². The minimum atomic E-state index is -0.220. The summed E-state index contributed by atoms with van der Waals surface area (Å²) in [5.74, 6) is 0.577. The van der Waals surface area contributed by atoms with Crippen molar-refractivity contribution in [2.24, 2.45) is 5.73 Å². The summed E-state index contributed by atoms with van der Waals surface area (Å²) in [7, 11) is 0. The number of hydrogen-bond donors (Lipinski definition) is 1. The molecule has 162 valence electrons. The number of piperazine rings is 1. The fourth-order valence-corrected chi connectivity index (χ4v) is 4.34. The van der Waals surface area contributed by atoms with Gasteiger partial charge in [0.1, 0.15) is 0 Å². The molecule has 0 aliphatic carbocycles. The van der Waals surface area contributed by atoms with Crippen molar-refractivity contribution in [1.29, 1.82) is 0 Å². The molecule has 1 unspecified atom stereocenters. The van der Waals surface area contributed by atoms with E-state index < -0.39 is 0 Å². The molecule has 7 nitrogen and oxygen atoms in total. The summed E-state index contributed by atoms with van der Waals surface area (Å²) in [5, 5.41) is 0. The number of furan rings is 1. The first-order valence-electron chi connectivity index (χ1n) is 10.2. The molecule has 2 aliphatic rings. The zero-order valence-electron chi connectivity index (χ0n) is 17.1. The number of halogens is 1. The quantitative estimate of drug-likeness (QED) is 0.796. The fraction of sp³-hybridized carbons (Fsp3) is 0.455. The Morgan fingerprint density at radius 3 is 2.30 bits per heavy atom. The van der Waals surface area contributed by atoms with Crippen molar-refractivity contribution in [3.63, 3.8) is 0 Å². The molecule has 30 heavy (non-hydrogen) atoms. The molecule has 8 heteroatoms. The number of rotatable bonds is 4. The van der Waals surface area contributed by atoms with E-state index in [1.54, 1.807) is 17.0 Å². The highest BCUT2D eigenvalue weighted by Crippen LogP contribution is 2.28. The smallest absolute Gasteiger partial charge is 0.289 e. The fourth-order valence-electron chi connectivity index (χ4n) is 4.34. The normalized spacial score (nSPS) is 23.1. The van der Waals surface area contributed by atoms with Crippen molar-refractivity contribution in [2.45, 2.75) is 24.9 Å². The molecule has 3 atom stereocenters. The van der Waals surface area contributed by atoms with Crippen LogP contribution in [0.25, 0.3) is 0 Å². The Bertz CT molecular complexity index is 837. The Balaban J connectivity index is 0.00000256. The molecule has 0 saturated carbocycles. The van der Waals surface area contributed by atoms with Gasteiger partial charge in [0.05, 0.1) is 12.3 Å². The molecule has 4 rings (SSSR count). The van der Waals surface area contributed by atoms with E-state index in [1.807, 2.05) is 30.0 Å². The largest absolute Gasteiger partial charge is 0.459 e. The van der Waals surface area contributed by atoms with Crippen molar-refractivity contribution in [3.05, 3.63) is 60.1 Å². The van der Waals surface area contributed by atoms with Gasteiger partial charge in [0.2, 0.25) is 5.91 Å². The van der Waals surface area contributed by atoms with Crippen LogP contribution in [0.5, 0.6) is 0 Å². The highest BCUT2D eigenvalue weighted by atomic mass is 35.5. The average molecular weight is 433 g/mol. The monoisotopic (exact) mass is 432 g/mol. The second-order valence-corrected chi connectivity index (χ2v) is 7.91. The summed E-state index contributed by atoms with van der Waals surface area (Å²) in [6.07, 6.45) is 1.50. The van der Waals surface area contributed by atoms with Crippen LogP contribution in [0.15, 0.2) is 53.1 Å². The van der Waals surface area contributed by atoms with Gasteiger partial charge < -0.3 is 20.0 Å². The second kappa shape index (κ2) is 9.64. The zero-order valence-corrected chi connectivity index (χ0v) is 18.0. The molecule has 2 N–H and O–H groups in total. The van der Waals surface area contributed by atoms with Gasteiger partial charge in [-0.05, 0) is 24.6 Å². The van der Waals surface area contributed by atoms with Crippen LogP contribution < -0.4 is 5.73 Å². The molecule has 2 fully saturated rings. The minimum absolute atomic E-state index is 0. The Labute approximate surface area is 183 Å². The number of nitrogens with two attached hydrogens (primary N) is 1. The maximum Gasteiger partial charge on any atom is 0.289 e. The number of carbonyl (C=O) groups excluding carboxylic acids is 2. The van der Waals surface area contributed by atoms with Crippen LogP contribution in [-0.2, 0) is 4.79 Å². The van der Waals surface area contributed by atoms with Gasteiger partial charge in [0.25, 0.3) is 5.91 Å². The van der Waals surface area contributed by atoms with Crippen LogP contribution in [0.3, 0.4) is 0 Å². The van der Waals surface area contributed by atoms with Crippen LogP contribution in [-0.4, -0.2) is 77.9 Å². The summed E-state index contributed by atoms with van der Waals surface area (Å²) >= 11 is 0. The number of hydrogen-bond acceptors (Lipinski definition) is 5. The first-order valence-corrected chi connectivity index (χ1v) is 10.2. The lowest BCUT2D eigenvalue weighted by molar-refractivity contribution is -0.137. The first-order chi connectivity index (χ1) is 14.0. The molecular formula is C22H29ClN4O3. The number of carbonyl (C=O) groups is 2. The highest BCUT2D eigenvalue weighted by molar-refractivity contribution is 5.91. The van der Waals surface area contributed by atoms with Crippen LogP contribution in [0.4, 0.5) is 0 Å². The molecular weight excluding hydrogens is 404 g/mol.